The van der Waals surface area contributed by atoms with E-state index in [0.29, 0.717) is 0 Å². The van der Waals surface area contributed by atoms with Crippen LogP contribution in [-0.4, -0.2) is 12.1 Å². The average Bonchev–Trinajstić information content (AvgIpc) is 2.85. The molecule has 4 rings (SSSR count). The van der Waals surface area contributed by atoms with E-state index in [2.05, 4.69) is 5.32 Å². The molecule has 1 N–H and O–H groups in total. The average molecular weight is 500 g/mol. The minimum absolute atomic E-state index is 0.0633. The molecule has 0 unspecified atom stereocenters. The van der Waals surface area contributed by atoms with E-state index in [1.165, 1.54) is 12.1 Å². The van der Waals surface area contributed by atoms with E-state index in [0.717, 1.165) is 28.0 Å². The van der Waals surface area contributed by atoms with Gasteiger partial charge < -0.3 is 0 Å². The Labute approximate surface area is 201 Å². The van der Waals surface area contributed by atoms with E-state index in [9.17, 15) is 18.0 Å². The first-order valence-electron chi connectivity index (χ1n) is 10.6. The zero-order chi connectivity index (χ0) is 24.3. The van der Waals surface area contributed by atoms with E-state index in [1.807, 2.05) is 91.0 Å². The van der Waals surface area contributed by atoms with Crippen LogP contribution in [0.15, 0.2) is 115 Å². The van der Waals surface area contributed by atoms with Crippen LogP contribution in [0.3, 0.4) is 0 Å². The molecule has 0 spiro atoms. The minimum atomic E-state index is -4.45. The summed E-state index contributed by atoms with van der Waals surface area (Å²) in [5.74, 6) is -4.21. The Balaban J connectivity index is 1.81. The molecule has 2 nitrogen and oxygen atoms in total. The molecule has 7 heteroatoms. The molecule has 0 aromatic heterocycles. The number of benzene rings is 4. The summed E-state index contributed by atoms with van der Waals surface area (Å²) >= 11 is 7.84. The van der Waals surface area contributed by atoms with Gasteiger partial charge in [0, 0.05) is 0 Å². The van der Waals surface area contributed by atoms with Gasteiger partial charge in [-0.05, 0) is 0 Å². The summed E-state index contributed by atoms with van der Waals surface area (Å²) in [5, 5.41) is 5.24. The topological polar surface area (TPSA) is 29.1 Å². The molecule has 0 radical (unpaired) electrons. The molecule has 0 saturated heterocycles. The number of alkyl halides is 3. The number of carbonyl (C=O) groups is 1. The first kappa shape index (κ1) is 24.0. The van der Waals surface area contributed by atoms with Gasteiger partial charge in [-0.3, -0.25) is 0 Å². The molecule has 0 fully saturated rings. The van der Waals surface area contributed by atoms with Crippen LogP contribution in [0.4, 0.5) is 18.9 Å². The van der Waals surface area contributed by atoms with Gasteiger partial charge >= 0.3 is 201 Å². The van der Waals surface area contributed by atoms with Crippen LogP contribution in [-0.2, 0) is 11.0 Å². The van der Waals surface area contributed by atoms with Gasteiger partial charge in [0.2, 0.25) is 0 Å². The van der Waals surface area contributed by atoms with Crippen molar-refractivity contribution in [3.8, 4) is 0 Å². The molecule has 1 amide bonds. The first-order valence-corrected chi connectivity index (χ1v) is 13.9. The van der Waals surface area contributed by atoms with Crippen molar-refractivity contribution in [3.63, 3.8) is 0 Å². The Kier molecular flexibility index (Phi) is 6.53. The Morgan fingerprint density at radius 3 is 1.41 bits per heavy atom. The van der Waals surface area contributed by atoms with Crippen LogP contribution in [0.2, 0.25) is 0 Å². The van der Waals surface area contributed by atoms with Crippen molar-refractivity contribution in [1.82, 2.24) is 0 Å². The summed E-state index contributed by atoms with van der Waals surface area (Å²) in [6.45, 7) is 0. The molecular formula is C27H22ClF3NOP. The number of hydrogen-bond acceptors (Lipinski definition) is 1. The molecule has 0 aliphatic rings. The fourth-order valence-electron chi connectivity index (χ4n) is 4.15. The fourth-order valence-corrected chi connectivity index (χ4v) is 9.93. The summed E-state index contributed by atoms with van der Waals surface area (Å²) in [7, 11) is 0. The quantitative estimate of drug-likeness (QED) is 0.309. The predicted octanol–water partition coefficient (Wildman–Crippen LogP) is 6.33. The van der Waals surface area contributed by atoms with Gasteiger partial charge in [0.15, 0.2) is 0 Å². The van der Waals surface area contributed by atoms with Crippen molar-refractivity contribution in [3.05, 3.63) is 121 Å². The standard InChI is InChI=1S/C27H22ClF3NOP/c28-34(23-10-4-1-5-11-23,24-12-6-2-7-13-24,25-14-8-3-9-15-25)20-26(33)32-22-18-16-21(17-19-22)27(29,30)31/h1-19H,20H2,(H,32,33). The van der Waals surface area contributed by atoms with E-state index >= 15 is 0 Å². The number of amides is 1. The molecule has 0 bridgehead atoms. The van der Waals surface area contributed by atoms with E-state index in [-0.39, 0.29) is 17.8 Å². The van der Waals surface area contributed by atoms with Crippen molar-refractivity contribution < 1.29 is 18.0 Å². The third-order valence-corrected chi connectivity index (χ3v) is 12.9. The van der Waals surface area contributed by atoms with Crippen LogP contribution in [0.5, 0.6) is 0 Å². The van der Waals surface area contributed by atoms with Gasteiger partial charge in [0.05, 0.1) is 0 Å². The molecular weight excluding hydrogens is 478 g/mol. The molecule has 34 heavy (non-hydrogen) atoms. The summed E-state index contributed by atoms with van der Waals surface area (Å²) in [5.41, 5.74) is -0.505. The molecule has 0 aliphatic carbocycles. The van der Waals surface area contributed by atoms with E-state index in [1.54, 1.807) is 0 Å². The molecule has 0 atom stereocenters. The van der Waals surface area contributed by atoms with Crippen LogP contribution in [0.25, 0.3) is 0 Å². The van der Waals surface area contributed by atoms with Gasteiger partial charge in [0.25, 0.3) is 0 Å². The zero-order valence-corrected chi connectivity index (χ0v) is 19.7. The Morgan fingerprint density at radius 1 is 0.676 bits per heavy atom. The van der Waals surface area contributed by atoms with E-state index < -0.39 is 17.7 Å². The normalized spacial score (nSPS) is 13.0. The first-order chi connectivity index (χ1) is 16.2. The monoisotopic (exact) mass is 499 g/mol. The number of anilines is 1. The number of rotatable bonds is 6. The van der Waals surface area contributed by atoms with Crippen molar-refractivity contribution >= 4 is 44.7 Å². The van der Waals surface area contributed by atoms with Gasteiger partial charge in [-0.2, -0.15) is 0 Å². The van der Waals surface area contributed by atoms with Crippen molar-refractivity contribution in [2.75, 3.05) is 11.5 Å². The number of halogens is 4. The summed E-state index contributed by atoms with van der Waals surface area (Å²) in [4.78, 5) is 13.4. The second-order valence-electron chi connectivity index (χ2n) is 7.97. The Morgan fingerprint density at radius 2 is 1.06 bits per heavy atom. The molecule has 4 aromatic carbocycles. The number of carbonyl (C=O) groups excluding carboxylic acids is 1. The van der Waals surface area contributed by atoms with Gasteiger partial charge in [0.1, 0.15) is 0 Å². The van der Waals surface area contributed by atoms with Crippen molar-refractivity contribution in [2.45, 2.75) is 6.18 Å². The third-order valence-electron chi connectivity index (χ3n) is 5.82. The maximum atomic E-state index is 13.4. The number of hydrogen-bond donors (Lipinski definition) is 1. The van der Waals surface area contributed by atoms with E-state index in [4.69, 9.17) is 11.2 Å². The van der Waals surface area contributed by atoms with Crippen LogP contribution in [0, 0.1) is 0 Å². The van der Waals surface area contributed by atoms with Crippen LogP contribution >= 0.6 is 17.2 Å². The van der Waals surface area contributed by atoms with Gasteiger partial charge in [-0.15, -0.1) is 0 Å². The predicted molar refractivity (Wildman–Crippen MR) is 136 cm³/mol. The second kappa shape index (κ2) is 9.25. The maximum absolute atomic E-state index is 13.4. The van der Waals surface area contributed by atoms with Gasteiger partial charge in [-0.25, -0.2) is 0 Å². The van der Waals surface area contributed by atoms with Crippen LogP contribution in [0.1, 0.15) is 5.56 Å². The number of nitrogens with one attached hydrogen (secondary N) is 1. The van der Waals surface area contributed by atoms with Crippen molar-refractivity contribution in [1.29, 1.82) is 0 Å². The summed E-state index contributed by atoms with van der Waals surface area (Å²) in [6.07, 6.45) is -4.51. The fraction of sp³-hybridized carbons (Fsp3) is 0.0741. The second-order valence-corrected chi connectivity index (χ2v) is 14.4. The molecule has 4 aromatic rings. The molecule has 0 aliphatic heterocycles. The van der Waals surface area contributed by atoms with Gasteiger partial charge in [-0.1, -0.05) is 0 Å². The van der Waals surface area contributed by atoms with Crippen LogP contribution < -0.4 is 21.2 Å². The summed E-state index contributed by atoms with van der Waals surface area (Å²) in [6, 6.07) is 32.9. The molecule has 174 valence electrons. The third kappa shape index (κ3) is 4.46. The molecule has 0 heterocycles. The molecule has 0 saturated carbocycles. The summed E-state index contributed by atoms with van der Waals surface area (Å²) < 4.78 is 38.8. The Bertz CT molecular complexity index is 1160. The zero-order valence-electron chi connectivity index (χ0n) is 18.0. The Hall–Kier alpha value is -3.14. The van der Waals surface area contributed by atoms with Crippen molar-refractivity contribution in [2.24, 2.45) is 0 Å². The SMILES string of the molecule is O=C(CP(Cl)(c1ccccc1)(c1ccccc1)c1ccccc1)Nc1ccc(C(F)(F)F)cc1.